The summed E-state index contributed by atoms with van der Waals surface area (Å²) < 4.78 is 0. The molecule has 1 heterocycles. The van der Waals surface area contributed by atoms with Crippen LogP contribution in [-0.4, -0.2) is 35.1 Å². The van der Waals surface area contributed by atoms with Gasteiger partial charge < -0.3 is 10.0 Å². The lowest BCUT2D eigenvalue weighted by molar-refractivity contribution is -0.132. The number of carbonyl (C=O) groups is 1. The Hall–Kier alpha value is -0.570. The van der Waals surface area contributed by atoms with E-state index >= 15 is 0 Å². The van der Waals surface area contributed by atoms with Crippen LogP contribution < -0.4 is 0 Å². The summed E-state index contributed by atoms with van der Waals surface area (Å²) in [6.45, 7) is 10.1. The van der Waals surface area contributed by atoms with E-state index in [9.17, 15) is 9.90 Å². The number of rotatable bonds is 2. The highest BCUT2D eigenvalue weighted by atomic mass is 16.3. The first kappa shape index (κ1) is 13.9. The van der Waals surface area contributed by atoms with Crippen molar-refractivity contribution in [1.29, 1.82) is 0 Å². The van der Waals surface area contributed by atoms with Crippen molar-refractivity contribution >= 4 is 5.91 Å². The molecule has 0 bridgehead atoms. The smallest absolute Gasteiger partial charge is 0.223 e. The van der Waals surface area contributed by atoms with Crippen molar-refractivity contribution in [3.8, 4) is 0 Å². The molecule has 104 valence electrons. The summed E-state index contributed by atoms with van der Waals surface area (Å²) in [7, 11) is 0. The Bertz CT molecular complexity index is 319. The van der Waals surface area contributed by atoms with Crippen molar-refractivity contribution < 1.29 is 9.90 Å². The van der Waals surface area contributed by atoms with Crippen LogP contribution >= 0.6 is 0 Å². The lowest BCUT2D eigenvalue weighted by Gasteiger charge is -2.47. The predicted molar refractivity (Wildman–Crippen MR) is 72.1 cm³/mol. The van der Waals surface area contributed by atoms with Gasteiger partial charge in [-0.2, -0.15) is 0 Å². The number of carbonyl (C=O) groups excluding carboxylic acids is 1. The molecule has 0 aromatic carbocycles. The van der Waals surface area contributed by atoms with Crippen LogP contribution in [0, 0.1) is 16.7 Å². The maximum absolute atomic E-state index is 12.1. The molecule has 1 atom stereocenters. The molecule has 1 saturated carbocycles. The Balaban J connectivity index is 2.11. The van der Waals surface area contributed by atoms with E-state index in [-0.39, 0.29) is 18.4 Å². The van der Waals surface area contributed by atoms with Crippen molar-refractivity contribution in [3.63, 3.8) is 0 Å². The zero-order valence-electron chi connectivity index (χ0n) is 12.2. The molecule has 0 spiro atoms. The average Bonchev–Trinajstić information content (AvgIpc) is 2.55. The van der Waals surface area contributed by atoms with Gasteiger partial charge in [0.2, 0.25) is 5.91 Å². The SMILES string of the molecule is CC1(C)CC(N2CC(CO)CC2=O)CC(C)(C)C1. The molecule has 1 saturated heterocycles. The van der Waals surface area contributed by atoms with Gasteiger partial charge in [0, 0.05) is 31.5 Å². The molecule has 2 fully saturated rings. The topological polar surface area (TPSA) is 40.5 Å². The molecular formula is C15H27NO2. The number of aliphatic hydroxyl groups excluding tert-OH is 1. The van der Waals surface area contributed by atoms with Crippen LogP contribution in [0.1, 0.15) is 53.4 Å². The summed E-state index contributed by atoms with van der Waals surface area (Å²) in [5, 5.41) is 9.23. The van der Waals surface area contributed by atoms with E-state index in [4.69, 9.17) is 0 Å². The second kappa shape index (κ2) is 4.52. The van der Waals surface area contributed by atoms with Crippen molar-refractivity contribution in [3.05, 3.63) is 0 Å². The summed E-state index contributed by atoms with van der Waals surface area (Å²) in [4.78, 5) is 14.1. The van der Waals surface area contributed by atoms with E-state index in [1.807, 2.05) is 4.90 Å². The third kappa shape index (κ3) is 2.87. The minimum atomic E-state index is 0.141. The summed E-state index contributed by atoms with van der Waals surface area (Å²) in [5.41, 5.74) is 0.619. The molecule has 1 amide bonds. The molecule has 1 unspecified atom stereocenters. The van der Waals surface area contributed by atoms with Crippen molar-refractivity contribution in [1.82, 2.24) is 4.90 Å². The zero-order chi connectivity index (χ0) is 13.6. The van der Waals surface area contributed by atoms with E-state index in [0.29, 0.717) is 23.3 Å². The van der Waals surface area contributed by atoms with Crippen LogP contribution in [-0.2, 0) is 4.79 Å². The first-order valence-electron chi connectivity index (χ1n) is 7.13. The Morgan fingerprint density at radius 3 is 2.22 bits per heavy atom. The second-order valence-corrected chi connectivity index (χ2v) is 7.87. The molecule has 1 N–H and O–H groups in total. The lowest BCUT2D eigenvalue weighted by atomic mass is 9.63. The third-order valence-electron chi connectivity index (χ3n) is 4.47. The number of likely N-dealkylation sites (tertiary alicyclic amines) is 1. The van der Waals surface area contributed by atoms with Gasteiger partial charge in [0.15, 0.2) is 0 Å². The van der Waals surface area contributed by atoms with E-state index < -0.39 is 0 Å². The third-order valence-corrected chi connectivity index (χ3v) is 4.47. The van der Waals surface area contributed by atoms with Crippen LogP contribution in [0.25, 0.3) is 0 Å². The summed E-state index contributed by atoms with van der Waals surface area (Å²) in [6, 6.07) is 0.368. The van der Waals surface area contributed by atoms with Crippen LogP contribution in [0.4, 0.5) is 0 Å². The van der Waals surface area contributed by atoms with Crippen molar-refractivity contribution in [2.75, 3.05) is 13.2 Å². The van der Waals surface area contributed by atoms with Crippen molar-refractivity contribution in [2.24, 2.45) is 16.7 Å². The molecule has 3 nitrogen and oxygen atoms in total. The maximum atomic E-state index is 12.1. The Morgan fingerprint density at radius 2 is 1.78 bits per heavy atom. The molecule has 18 heavy (non-hydrogen) atoms. The van der Waals surface area contributed by atoms with Gasteiger partial charge in [0.1, 0.15) is 0 Å². The maximum Gasteiger partial charge on any atom is 0.223 e. The number of hydrogen-bond donors (Lipinski definition) is 1. The first-order valence-corrected chi connectivity index (χ1v) is 7.13. The van der Waals surface area contributed by atoms with Crippen LogP contribution in [0.3, 0.4) is 0 Å². The highest BCUT2D eigenvalue weighted by Crippen LogP contribution is 2.47. The fourth-order valence-corrected chi connectivity index (χ4v) is 4.29. The van der Waals surface area contributed by atoms with Gasteiger partial charge in [-0.1, -0.05) is 27.7 Å². The van der Waals surface area contributed by atoms with Crippen LogP contribution in [0.5, 0.6) is 0 Å². The van der Waals surface area contributed by atoms with Crippen molar-refractivity contribution in [2.45, 2.75) is 59.4 Å². The minimum Gasteiger partial charge on any atom is -0.396 e. The number of hydrogen-bond acceptors (Lipinski definition) is 2. The molecule has 1 aliphatic carbocycles. The van der Waals surface area contributed by atoms with E-state index in [1.54, 1.807) is 0 Å². The normalized spacial score (nSPS) is 31.9. The van der Waals surface area contributed by atoms with E-state index in [1.165, 1.54) is 6.42 Å². The van der Waals surface area contributed by atoms with Gasteiger partial charge >= 0.3 is 0 Å². The highest BCUT2D eigenvalue weighted by Gasteiger charge is 2.43. The Kier molecular flexibility index (Phi) is 3.48. The highest BCUT2D eigenvalue weighted by molar-refractivity contribution is 5.79. The zero-order valence-corrected chi connectivity index (χ0v) is 12.2. The number of amides is 1. The average molecular weight is 253 g/mol. The first-order chi connectivity index (χ1) is 8.22. The largest absolute Gasteiger partial charge is 0.396 e. The summed E-state index contributed by atoms with van der Waals surface area (Å²) in [5.74, 6) is 0.401. The molecule has 0 aromatic heterocycles. The van der Waals surface area contributed by atoms with Crippen LogP contribution in [0.2, 0.25) is 0 Å². The van der Waals surface area contributed by atoms with Gasteiger partial charge in [0.25, 0.3) is 0 Å². The molecule has 0 aromatic rings. The van der Waals surface area contributed by atoms with Gasteiger partial charge in [-0.05, 0) is 30.1 Å². The van der Waals surface area contributed by atoms with Gasteiger partial charge in [-0.15, -0.1) is 0 Å². The number of nitrogens with zero attached hydrogens (tertiary/aromatic N) is 1. The van der Waals surface area contributed by atoms with Crippen LogP contribution in [0.15, 0.2) is 0 Å². The molecule has 2 aliphatic rings. The predicted octanol–water partition coefficient (Wildman–Crippen LogP) is 2.43. The lowest BCUT2D eigenvalue weighted by Crippen LogP contribution is -2.47. The molecule has 2 rings (SSSR count). The Morgan fingerprint density at radius 1 is 1.22 bits per heavy atom. The fraction of sp³-hybridized carbons (Fsp3) is 0.933. The van der Waals surface area contributed by atoms with E-state index in [0.717, 1.165) is 19.4 Å². The molecular weight excluding hydrogens is 226 g/mol. The summed E-state index contributed by atoms with van der Waals surface area (Å²) in [6.07, 6.45) is 3.95. The van der Waals surface area contributed by atoms with Gasteiger partial charge in [-0.25, -0.2) is 0 Å². The minimum absolute atomic E-state index is 0.141. The quantitative estimate of drug-likeness (QED) is 0.821. The fourth-order valence-electron chi connectivity index (χ4n) is 4.29. The van der Waals surface area contributed by atoms with E-state index in [2.05, 4.69) is 27.7 Å². The second-order valence-electron chi connectivity index (χ2n) is 7.87. The Labute approximate surface area is 111 Å². The molecule has 1 aliphatic heterocycles. The molecule has 0 radical (unpaired) electrons. The molecule has 3 heteroatoms. The standard InChI is InChI=1S/C15H27NO2/c1-14(2)6-12(7-15(3,4)10-14)16-8-11(9-17)5-13(16)18/h11-12,17H,5-10H2,1-4H3. The van der Waals surface area contributed by atoms with Gasteiger partial charge in [-0.3, -0.25) is 4.79 Å². The summed E-state index contributed by atoms with van der Waals surface area (Å²) >= 11 is 0. The number of aliphatic hydroxyl groups is 1. The van der Waals surface area contributed by atoms with Gasteiger partial charge in [0.05, 0.1) is 0 Å². The monoisotopic (exact) mass is 253 g/mol.